The largest absolute Gasteiger partial charge is 0.311 e. The first-order valence-corrected chi connectivity index (χ1v) is 31.1. The molecule has 0 spiro atoms. The Morgan fingerprint density at radius 1 is 0.359 bits per heavy atom. The summed E-state index contributed by atoms with van der Waals surface area (Å²) in [7, 11) is 0. The zero-order valence-electron chi connectivity index (χ0n) is 50.2. The van der Waals surface area contributed by atoms with Gasteiger partial charge >= 0.3 is 0 Å². The molecule has 0 atom stereocenters. The van der Waals surface area contributed by atoms with Crippen LogP contribution >= 0.6 is 0 Å². The van der Waals surface area contributed by atoms with Crippen molar-refractivity contribution in [3.63, 3.8) is 0 Å². The Hall–Kier alpha value is -12.4. The summed E-state index contributed by atoms with van der Waals surface area (Å²) in [6.07, 6.45) is 3.03. The van der Waals surface area contributed by atoms with Gasteiger partial charge in [-0.2, -0.15) is 15.8 Å². The van der Waals surface area contributed by atoms with Gasteiger partial charge in [-0.25, -0.2) is 15.0 Å². The molecule has 0 amide bonds. The van der Waals surface area contributed by atoms with E-state index in [1.165, 1.54) is 5.56 Å². The predicted octanol–water partition coefficient (Wildman–Crippen LogP) is 18.0. The molecule has 0 N–H and O–H groups in total. The van der Waals surface area contributed by atoms with Crippen molar-refractivity contribution in [1.29, 1.82) is 15.8 Å². The van der Waals surface area contributed by atoms with Crippen molar-refractivity contribution in [3.8, 4) is 91.4 Å². The van der Waals surface area contributed by atoms with Crippen molar-refractivity contribution in [2.24, 2.45) is 0 Å². The van der Waals surface area contributed by atoms with Crippen molar-refractivity contribution in [3.05, 3.63) is 295 Å². The maximum Gasteiger partial charge on any atom is 0.252 e. The number of benzene rings is 12. The van der Waals surface area contributed by atoms with Gasteiger partial charge in [0.15, 0.2) is 17.5 Å². The molecule has 2 aliphatic heterocycles. The highest BCUT2D eigenvalue weighted by Gasteiger charge is 2.44. The minimum atomic E-state index is -0.346. The van der Waals surface area contributed by atoms with Gasteiger partial charge in [0.05, 0.1) is 51.6 Å². The standard InChI is InChI=1S/C82H54BN9/c1-2-3-16-53-25-38-67-68-47-63(33-42-72(68)92(76(67)46-53)73-39-26-54(50-84)43-69(73)82-88-80(61-21-12-6-13-22-61)87-81(89-82)62-23-14-7-15-24-62)64-48-77-79-78(49-64)91(66-36-31-60(32-37-66)58-19-10-5-11-20-58)75-41-28-56(52-86)45-71(75)83(79)70-44-55(51-85)27-40-74(70)90(77)65-34-29-59(30-35-65)57-17-8-4-9-18-57/h4-15,17-49H,2-3,16H2,1H3. The van der Waals surface area contributed by atoms with Crippen molar-refractivity contribution in [2.75, 3.05) is 9.80 Å². The highest BCUT2D eigenvalue weighted by atomic mass is 15.2. The Labute approximate surface area is 534 Å². The minimum absolute atomic E-state index is 0.346. The molecule has 430 valence electrons. The van der Waals surface area contributed by atoms with E-state index in [1.807, 2.05) is 115 Å². The molecule has 0 unspecified atom stereocenters. The summed E-state index contributed by atoms with van der Waals surface area (Å²) in [4.78, 5) is 20.2. The van der Waals surface area contributed by atoms with Gasteiger partial charge in [0, 0.05) is 61.6 Å². The van der Waals surface area contributed by atoms with Gasteiger partial charge in [-0.3, -0.25) is 0 Å². The molecule has 92 heavy (non-hydrogen) atoms. The van der Waals surface area contributed by atoms with E-state index < -0.39 is 0 Å². The summed E-state index contributed by atoms with van der Waals surface area (Å²) in [5.74, 6) is 1.51. The Kier molecular flexibility index (Phi) is 13.7. The van der Waals surface area contributed by atoms with Gasteiger partial charge < -0.3 is 14.4 Å². The maximum absolute atomic E-state index is 10.6. The molecule has 0 saturated heterocycles. The third kappa shape index (κ3) is 9.52. The number of nitrogens with zero attached hydrogens (tertiary/aromatic N) is 9. The Morgan fingerprint density at radius 3 is 1.32 bits per heavy atom. The molecular formula is C82H54BN9. The lowest BCUT2D eigenvalue weighted by atomic mass is 9.33. The molecule has 0 fully saturated rings. The van der Waals surface area contributed by atoms with Crippen LogP contribution in [0.25, 0.3) is 95.0 Å². The van der Waals surface area contributed by atoms with Gasteiger partial charge in [0.1, 0.15) is 0 Å². The third-order valence-corrected chi connectivity index (χ3v) is 18.1. The summed E-state index contributed by atoms with van der Waals surface area (Å²) >= 11 is 0. The molecule has 12 aromatic carbocycles. The van der Waals surface area contributed by atoms with E-state index in [4.69, 9.17) is 15.0 Å². The molecule has 2 aliphatic rings. The van der Waals surface area contributed by atoms with Gasteiger partial charge in [-0.1, -0.05) is 177 Å². The van der Waals surface area contributed by atoms with Crippen LogP contribution in [0.2, 0.25) is 0 Å². The van der Waals surface area contributed by atoms with Gasteiger partial charge in [0.2, 0.25) is 0 Å². The fraction of sp³-hybridized carbons (Fsp3) is 0.0488. The minimum Gasteiger partial charge on any atom is -0.311 e. The van der Waals surface area contributed by atoms with Crippen LogP contribution in [0.3, 0.4) is 0 Å². The van der Waals surface area contributed by atoms with Crippen LogP contribution in [0, 0.1) is 34.0 Å². The van der Waals surface area contributed by atoms with Crippen LogP contribution in [-0.4, -0.2) is 26.2 Å². The molecule has 16 rings (SSSR count). The topological polar surface area (TPSA) is 121 Å². The van der Waals surface area contributed by atoms with Crippen LogP contribution in [-0.2, 0) is 6.42 Å². The van der Waals surface area contributed by atoms with Crippen LogP contribution in [0.15, 0.2) is 273 Å². The predicted molar refractivity (Wildman–Crippen MR) is 374 cm³/mol. The Bertz CT molecular complexity index is 5130. The summed E-state index contributed by atoms with van der Waals surface area (Å²) < 4.78 is 2.33. The molecule has 10 heteroatoms. The highest BCUT2D eigenvalue weighted by molar-refractivity contribution is 7.00. The SMILES string of the molecule is CCCCc1ccc2c3cc(-c4cc5c6c(c4)N(c4ccc(-c7ccccc7)cc4)c4ccc(C#N)cc4B6c4cc(C#N)ccc4N5c4ccc(-c5ccccc5)cc4)ccc3n(-c3ccc(C#N)cc3-c3nc(-c4ccccc4)nc(-c4ccccc4)n3)c2c1. The molecular weight excluding hydrogens is 1120 g/mol. The summed E-state index contributed by atoms with van der Waals surface area (Å²) in [5, 5.41) is 34.0. The number of aromatic nitrogens is 4. The van der Waals surface area contributed by atoms with E-state index in [-0.39, 0.29) is 6.71 Å². The second kappa shape index (κ2) is 22.9. The molecule has 0 aliphatic carbocycles. The van der Waals surface area contributed by atoms with E-state index >= 15 is 0 Å². The normalized spacial score (nSPS) is 12.0. The summed E-state index contributed by atoms with van der Waals surface area (Å²) in [6, 6.07) is 102. The van der Waals surface area contributed by atoms with Crippen LogP contribution in [0.4, 0.5) is 34.1 Å². The molecule has 4 heterocycles. The number of hydrogen-bond acceptors (Lipinski definition) is 8. The van der Waals surface area contributed by atoms with E-state index in [0.717, 1.165) is 142 Å². The Balaban J connectivity index is 0.946. The van der Waals surface area contributed by atoms with Gasteiger partial charge in [-0.15, -0.1) is 0 Å². The molecule has 9 nitrogen and oxygen atoms in total. The van der Waals surface area contributed by atoms with Crippen molar-refractivity contribution >= 4 is 79.0 Å². The highest BCUT2D eigenvalue weighted by Crippen LogP contribution is 2.48. The molecule has 2 aromatic heterocycles. The number of aryl methyl sites for hydroxylation is 1. The molecule has 0 saturated carbocycles. The lowest BCUT2D eigenvalue weighted by Gasteiger charge is -2.44. The number of hydrogen-bond donors (Lipinski definition) is 0. The number of fused-ring (bicyclic) bond motifs is 7. The van der Waals surface area contributed by atoms with Crippen molar-refractivity contribution < 1.29 is 0 Å². The smallest absolute Gasteiger partial charge is 0.252 e. The molecule has 14 aromatic rings. The number of nitriles is 3. The van der Waals surface area contributed by atoms with Gasteiger partial charge in [-0.05, 0) is 177 Å². The monoisotopic (exact) mass is 1180 g/mol. The summed E-state index contributed by atoms with van der Waals surface area (Å²) in [6.45, 7) is 1.88. The molecule has 0 bridgehead atoms. The van der Waals surface area contributed by atoms with E-state index in [0.29, 0.717) is 39.7 Å². The van der Waals surface area contributed by atoms with E-state index in [9.17, 15) is 15.8 Å². The van der Waals surface area contributed by atoms with Crippen LogP contribution < -0.4 is 26.2 Å². The average Bonchev–Trinajstić information content (AvgIpc) is 0.827. The first kappa shape index (κ1) is 54.9. The summed E-state index contributed by atoms with van der Waals surface area (Å²) in [5.41, 5.74) is 23.3. The zero-order valence-corrected chi connectivity index (χ0v) is 50.2. The number of unbranched alkanes of at least 4 members (excludes halogenated alkanes) is 1. The lowest BCUT2D eigenvalue weighted by Crippen LogP contribution is -2.61. The van der Waals surface area contributed by atoms with E-state index in [2.05, 4.69) is 197 Å². The van der Waals surface area contributed by atoms with E-state index in [1.54, 1.807) is 0 Å². The third-order valence-electron chi connectivity index (χ3n) is 18.1. The fourth-order valence-electron chi connectivity index (χ4n) is 13.7. The number of anilines is 6. The Morgan fingerprint density at radius 2 is 0.815 bits per heavy atom. The fourth-order valence-corrected chi connectivity index (χ4v) is 13.7. The zero-order chi connectivity index (χ0) is 61.8. The van der Waals surface area contributed by atoms with Crippen molar-refractivity contribution in [1.82, 2.24) is 19.5 Å². The van der Waals surface area contributed by atoms with Crippen LogP contribution in [0.1, 0.15) is 42.0 Å². The van der Waals surface area contributed by atoms with Crippen molar-refractivity contribution in [2.45, 2.75) is 26.2 Å². The van der Waals surface area contributed by atoms with Crippen LogP contribution in [0.5, 0.6) is 0 Å². The maximum atomic E-state index is 10.6. The van der Waals surface area contributed by atoms with Gasteiger partial charge in [0.25, 0.3) is 6.71 Å². The average molecular weight is 1180 g/mol. The molecule has 0 radical (unpaired) electrons. The quantitative estimate of drug-likeness (QED) is 0.111. The number of rotatable bonds is 12. The second-order valence-electron chi connectivity index (χ2n) is 23.5. The first-order chi connectivity index (χ1) is 45.4. The first-order valence-electron chi connectivity index (χ1n) is 31.1. The second-order valence-corrected chi connectivity index (χ2v) is 23.5. The lowest BCUT2D eigenvalue weighted by molar-refractivity contribution is 0.795.